The van der Waals surface area contributed by atoms with Crippen molar-refractivity contribution >= 4 is 11.8 Å². The van der Waals surface area contributed by atoms with Crippen LogP contribution in [0.5, 0.6) is 0 Å². The minimum atomic E-state index is -0.293. The smallest absolute Gasteiger partial charge is 0.274 e. The molecule has 1 fully saturated rings. The molecule has 0 radical (unpaired) electrons. The number of hydrogen-bond acceptors (Lipinski definition) is 3. The third-order valence-corrected chi connectivity index (χ3v) is 6.29. The molecule has 1 unspecified atom stereocenters. The Morgan fingerprint density at radius 2 is 1.85 bits per heavy atom. The normalized spacial score (nSPS) is 16.7. The van der Waals surface area contributed by atoms with Crippen LogP contribution < -0.4 is 0 Å². The van der Waals surface area contributed by atoms with Crippen molar-refractivity contribution in [1.29, 1.82) is 0 Å². The molecule has 172 valence electrons. The van der Waals surface area contributed by atoms with Gasteiger partial charge in [-0.1, -0.05) is 61.0 Å². The van der Waals surface area contributed by atoms with Gasteiger partial charge in [-0.25, -0.2) is 4.98 Å². The summed E-state index contributed by atoms with van der Waals surface area (Å²) in [4.78, 5) is 34.6. The van der Waals surface area contributed by atoms with Gasteiger partial charge in [0.25, 0.3) is 5.91 Å². The maximum Gasteiger partial charge on any atom is 0.274 e. The topological polar surface area (TPSA) is 58.4 Å². The summed E-state index contributed by atoms with van der Waals surface area (Å²) in [6, 6.07) is 16.7. The summed E-state index contributed by atoms with van der Waals surface area (Å²) in [6.07, 6.45) is 4.86. The standard InChI is InChI=1S/C27H32N4O2/c1-4-13-30-14-15-31(27(33)25-18-29(3)19-28-25)17-23(26(30)32)16-22-7-5-6-8-24(22)21-11-9-20(2)10-12-21/h5-12,18-19,23H,4,13-17H2,1-3H3. The predicted octanol–water partition coefficient (Wildman–Crippen LogP) is 3.95. The summed E-state index contributed by atoms with van der Waals surface area (Å²) in [5.74, 6) is -0.274. The fourth-order valence-electron chi connectivity index (χ4n) is 4.54. The molecule has 1 aliphatic heterocycles. The van der Waals surface area contributed by atoms with Crippen LogP contribution in [0.4, 0.5) is 0 Å². The second kappa shape index (κ2) is 10.0. The molecule has 3 aromatic rings. The molecular weight excluding hydrogens is 412 g/mol. The molecule has 1 atom stereocenters. The average molecular weight is 445 g/mol. The van der Waals surface area contributed by atoms with Crippen LogP contribution in [0.3, 0.4) is 0 Å². The lowest BCUT2D eigenvalue weighted by Crippen LogP contribution is -2.38. The van der Waals surface area contributed by atoms with Gasteiger partial charge in [0, 0.05) is 39.4 Å². The number of benzene rings is 2. The van der Waals surface area contributed by atoms with Crippen molar-refractivity contribution in [3.05, 3.63) is 77.9 Å². The third kappa shape index (κ3) is 5.16. The second-order valence-corrected chi connectivity index (χ2v) is 8.93. The van der Waals surface area contributed by atoms with Gasteiger partial charge in [-0.3, -0.25) is 9.59 Å². The highest BCUT2D eigenvalue weighted by Gasteiger charge is 2.33. The Kier molecular flexibility index (Phi) is 6.92. The fourth-order valence-corrected chi connectivity index (χ4v) is 4.54. The molecule has 1 saturated heterocycles. The molecule has 4 rings (SSSR count). The molecule has 0 saturated carbocycles. The first-order chi connectivity index (χ1) is 16.0. The number of aryl methyl sites for hydroxylation is 2. The van der Waals surface area contributed by atoms with Crippen LogP contribution >= 0.6 is 0 Å². The van der Waals surface area contributed by atoms with E-state index in [1.165, 1.54) is 5.56 Å². The van der Waals surface area contributed by atoms with Crippen LogP contribution in [-0.2, 0) is 18.3 Å². The Hall–Kier alpha value is -3.41. The maximum atomic E-state index is 13.5. The highest BCUT2D eigenvalue weighted by Crippen LogP contribution is 2.28. The molecule has 6 nitrogen and oxygen atoms in total. The lowest BCUT2D eigenvalue weighted by molar-refractivity contribution is -0.134. The number of amides is 2. The van der Waals surface area contributed by atoms with E-state index >= 15 is 0 Å². The monoisotopic (exact) mass is 444 g/mol. The molecule has 0 bridgehead atoms. The van der Waals surface area contributed by atoms with E-state index in [1.807, 2.05) is 24.1 Å². The van der Waals surface area contributed by atoms with Gasteiger partial charge < -0.3 is 14.4 Å². The van der Waals surface area contributed by atoms with Crippen LogP contribution in [-0.4, -0.2) is 57.3 Å². The largest absolute Gasteiger partial charge is 0.341 e. The van der Waals surface area contributed by atoms with Crippen LogP contribution in [0, 0.1) is 12.8 Å². The Bertz CT molecular complexity index is 1120. The first-order valence-corrected chi connectivity index (χ1v) is 11.7. The molecular formula is C27H32N4O2. The highest BCUT2D eigenvalue weighted by atomic mass is 16.2. The van der Waals surface area contributed by atoms with E-state index in [-0.39, 0.29) is 17.7 Å². The van der Waals surface area contributed by atoms with E-state index in [9.17, 15) is 9.59 Å². The van der Waals surface area contributed by atoms with Gasteiger partial charge >= 0.3 is 0 Å². The van der Waals surface area contributed by atoms with Gasteiger partial charge in [0.15, 0.2) is 0 Å². The van der Waals surface area contributed by atoms with Crippen molar-refractivity contribution in [3.63, 3.8) is 0 Å². The summed E-state index contributed by atoms with van der Waals surface area (Å²) in [7, 11) is 1.85. The average Bonchev–Trinajstić information content (AvgIpc) is 3.20. The molecule has 33 heavy (non-hydrogen) atoms. The summed E-state index contributed by atoms with van der Waals surface area (Å²) in [6.45, 7) is 6.35. The minimum Gasteiger partial charge on any atom is -0.341 e. The zero-order chi connectivity index (χ0) is 23.4. The molecule has 1 aromatic heterocycles. The maximum absolute atomic E-state index is 13.5. The zero-order valence-corrected chi connectivity index (χ0v) is 19.7. The van der Waals surface area contributed by atoms with Crippen molar-refractivity contribution in [2.24, 2.45) is 13.0 Å². The molecule has 1 aliphatic rings. The molecule has 2 amide bonds. The Morgan fingerprint density at radius 3 is 2.55 bits per heavy atom. The fraction of sp³-hybridized carbons (Fsp3) is 0.370. The van der Waals surface area contributed by atoms with Crippen molar-refractivity contribution in [2.75, 3.05) is 26.2 Å². The van der Waals surface area contributed by atoms with Gasteiger partial charge in [-0.05, 0) is 36.5 Å². The van der Waals surface area contributed by atoms with Crippen molar-refractivity contribution in [3.8, 4) is 11.1 Å². The lowest BCUT2D eigenvalue weighted by atomic mass is 9.91. The first kappa shape index (κ1) is 22.8. The number of imidazole rings is 1. The molecule has 2 aromatic carbocycles. The van der Waals surface area contributed by atoms with Gasteiger partial charge in [0.2, 0.25) is 5.91 Å². The number of aromatic nitrogens is 2. The van der Waals surface area contributed by atoms with Gasteiger partial charge in [0.1, 0.15) is 5.69 Å². The van der Waals surface area contributed by atoms with Gasteiger partial charge in [-0.2, -0.15) is 0 Å². The number of hydrogen-bond donors (Lipinski definition) is 0. The summed E-state index contributed by atoms with van der Waals surface area (Å²) in [5, 5.41) is 0. The van der Waals surface area contributed by atoms with E-state index in [2.05, 4.69) is 55.2 Å². The van der Waals surface area contributed by atoms with Crippen molar-refractivity contribution < 1.29 is 9.59 Å². The minimum absolute atomic E-state index is 0.112. The van der Waals surface area contributed by atoms with Crippen LogP contribution in [0.25, 0.3) is 11.1 Å². The third-order valence-electron chi connectivity index (χ3n) is 6.29. The highest BCUT2D eigenvalue weighted by molar-refractivity contribution is 5.93. The van der Waals surface area contributed by atoms with E-state index in [0.29, 0.717) is 38.3 Å². The van der Waals surface area contributed by atoms with Gasteiger partial charge in [-0.15, -0.1) is 0 Å². The van der Waals surface area contributed by atoms with E-state index < -0.39 is 0 Å². The van der Waals surface area contributed by atoms with Crippen LogP contribution in [0.15, 0.2) is 61.1 Å². The number of carbonyl (C=O) groups excluding carboxylic acids is 2. The molecule has 0 spiro atoms. The lowest BCUT2D eigenvalue weighted by Gasteiger charge is -2.24. The van der Waals surface area contributed by atoms with E-state index in [0.717, 1.165) is 23.1 Å². The summed E-state index contributed by atoms with van der Waals surface area (Å²) in [5.41, 5.74) is 5.05. The summed E-state index contributed by atoms with van der Waals surface area (Å²) >= 11 is 0. The van der Waals surface area contributed by atoms with Gasteiger partial charge in [0.05, 0.1) is 12.2 Å². The molecule has 0 aliphatic carbocycles. The molecule has 6 heteroatoms. The van der Waals surface area contributed by atoms with E-state index in [4.69, 9.17) is 0 Å². The molecule has 0 N–H and O–H groups in total. The van der Waals surface area contributed by atoms with Crippen molar-refractivity contribution in [2.45, 2.75) is 26.7 Å². The SMILES string of the molecule is CCCN1CCN(C(=O)c2cn(C)cn2)CC(Cc2ccccc2-c2ccc(C)cc2)C1=O. The number of carbonyl (C=O) groups is 2. The second-order valence-electron chi connectivity index (χ2n) is 8.93. The summed E-state index contributed by atoms with van der Waals surface area (Å²) < 4.78 is 1.77. The first-order valence-electron chi connectivity index (χ1n) is 11.7. The Balaban J connectivity index is 1.63. The van der Waals surface area contributed by atoms with Crippen molar-refractivity contribution in [1.82, 2.24) is 19.4 Å². The number of nitrogens with zero attached hydrogens (tertiary/aromatic N) is 4. The zero-order valence-electron chi connectivity index (χ0n) is 19.7. The van der Waals surface area contributed by atoms with Crippen LogP contribution in [0.2, 0.25) is 0 Å². The van der Waals surface area contributed by atoms with Crippen LogP contribution in [0.1, 0.15) is 35.0 Å². The Morgan fingerprint density at radius 1 is 1.09 bits per heavy atom. The number of rotatable bonds is 6. The predicted molar refractivity (Wildman–Crippen MR) is 130 cm³/mol. The quantitative estimate of drug-likeness (QED) is 0.579. The Labute approximate surface area is 195 Å². The molecule has 2 heterocycles. The van der Waals surface area contributed by atoms with E-state index in [1.54, 1.807) is 22.0 Å².